The normalized spacial score (nSPS) is 17.3. The van der Waals surface area contributed by atoms with E-state index >= 15 is 0 Å². The van der Waals surface area contributed by atoms with Gasteiger partial charge in [0, 0.05) is 18.7 Å². The highest BCUT2D eigenvalue weighted by Crippen LogP contribution is 2.32. The number of fused-ring (bicyclic) bond motifs is 1. The van der Waals surface area contributed by atoms with Crippen molar-refractivity contribution in [2.24, 2.45) is 5.73 Å². The van der Waals surface area contributed by atoms with E-state index in [1.54, 1.807) is 12.1 Å². The largest absolute Gasteiger partial charge is 0.480 e. The Kier molecular flexibility index (Phi) is 4.13. The monoisotopic (exact) mass is 264 g/mol. The van der Waals surface area contributed by atoms with E-state index in [2.05, 4.69) is 0 Å². The number of para-hydroxylation sites is 1. The van der Waals surface area contributed by atoms with Gasteiger partial charge in [-0.1, -0.05) is 18.2 Å². The van der Waals surface area contributed by atoms with Gasteiger partial charge in [-0.15, -0.1) is 0 Å². The maximum atomic E-state index is 12.1. The van der Waals surface area contributed by atoms with Gasteiger partial charge in [0.15, 0.2) is 0 Å². The molecule has 6 heteroatoms. The van der Waals surface area contributed by atoms with Crippen LogP contribution in [-0.2, 0) is 20.7 Å². The smallest absolute Gasteiger partial charge is 0.327 e. The molecule has 0 aromatic heterocycles. The van der Waals surface area contributed by atoms with Crippen LogP contribution in [0.3, 0.4) is 0 Å². The summed E-state index contributed by atoms with van der Waals surface area (Å²) < 4.78 is 5.09. The molecule has 1 aromatic carbocycles. The van der Waals surface area contributed by atoms with Crippen LogP contribution >= 0.6 is 0 Å². The molecule has 1 heterocycles. The predicted molar refractivity (Wildman–Crippen MR) is 68.9 cm³/mol. The van der Waals surface area contributed by atoms with Gasteiger partial charge in [-0.3, -0.25) is 9.69 Å². The number of carboxylic acid groups (broad SMARTS) is 1. The van der Waals surface area contributed by atoms with Gasteiger partial charge < -0.3 is 15.6 Å². The predicted octanol–water partition coefficient (Wildman–Crippen LogP) is 0.00420. The maximum absolute atomic E-state index is 12.1. The van der Waals surface area contributed by atoms with Crippen molar-refractivity contribution in [2.75, 3.05) is 24.7 Å². The summed E-state index contributed by atoms with van der Waals surface area (Å²) in [4.78, 5) is 24.7. The zero-order chi connectivity index (χ0) is 13.8. The number of hydrogen-bond donors (Lipinski definition) is 2. The van der Waals surface area contributed by atoms with Crippen LogP contribution in [-0.4, -0.2) is 42.8 Å². The minimum absolute atomic E-state index is 0.157. The van der Waals surface area contributed by atoms with Gasteiger partial charge in [-0.25, -0.2) is 4.79 Å². The lowest BCUT2D eigenvalue weighted by Crippen LogP contribution is -2.44. The van der Waals surface area contributed by atoms with E-state index in [1.807, 2.05) is 12.1 Å². The van der Waals surface area contributed by atoms with Crippen LogP contribution in [0.1, 0.15) is 5.56 Å². The lowest BCUT2D eigenvalue weighted by Gasteiger charge is -2.22. The van der Waals surface area contributed by atoms with Crippen LogP contribution in [0.15, 0.2) is 24.3 Å². The van der Waals surface area contributed by atoms with E-state index in [0.29, 0.717) is 18.7 Å². The molecule has 0 spiro atoms. The van der Waals surface area contributed by atoms with Crippen LogP contribution < -0.4 is 10.6 Å². The summed E-state index contributed by atoms with van der Waals surface area (Å²) in [6, 6.07) is 6.34. The molecule has 3 N–H and O–H groups in total. The molecule has 6 nitrogen and oxygen atoms in total. The lowest BCUT2D eigenvalue weighted by molar-refractivity contribution is -0.140. The molecule has 0 fully saturated rings. The van der Waals surface area contributed by atoms with Crippen molar-refractivity contribution in [1.82, 2.24) is 0 Å². The number of nitrogens with zero attached hydrogens (tertiary/aromatic N) is 1. The molecule has 0 saturated heterocycles. The highest BCUT2D eigenvalue weighted by molar-refractivity contribution is 6.02. The number of rotatable bonds is 5. The summed E-state index contributed by atoms with van der Waals surface area (Å²) in [6.45, 7) is 0.445. The number of ether oxygens (including phenoxy) is 1. The topological polar surface area (TPSA) is 92.9 Å². The van der Waals surface area contributed by atoms with Crippen molar-refractivity contribution in [3.05, 3.63) is 29.8 Å². The van der Waals surface area contributed by atoms with Crippen LogP contribution in [0, 0.1) is 0 Å². The van der Waals surface area contributed by atoms with E-state index in [4.69, 9.17) is 10.5 Å². The van der Waals surface area contributed by atoms with Gasteiger partial charge >= 0.3 is 5.97 Å². The summed E-state index contributed by atoms with van der Waals surface area (Å²) in [6.07, 6.45) is 0.328. The molecular formula is C13H16N2O4. The number of anilines is 1. The quantitative estimate of drug-likeness (QED) is 0.730. The number of aliphatic carboxylic acids is 1. The Labute approximate surface area is 110 Å². The molecule has 19 heavy (non-hydrogen) atoms. The standard InChI is InChI=1S/C13H16N2O4/c14-5-6-19-8-12(16)15-10-4-2-1-3-9(10)7-11(15)13(17)18/h1-4,11H,5-8,14H2,(H,17,18)/t11-/m0/s1. The van der Waals surface area contributed by atoms with E-state index in [0.717, 1.165) is 5.56 Å². The van der Waals surface area contributed by atoms with Crippen LogP contribution in [0.25, 0.3) is 0 Å². The van der Waals surface area contributed by atoms with E-state index in [9.17, 15) is 14.7 Å². The minimum Gasteiger partial charge on any atom is -0.480 e. The molecule has 1 amide bonds. The van der Waals surface area contributed by atoms with Crippen LogP contribution in [0.2, 0.25) is 0 Å². The molecule has 0 bridgehead atoms. The molecule has 0 unspecified atom stereocenters. The zero-order valence-electron chi connectivity index (χ0n) is 10.4. The Morgan fingerprint density at radius 3 is 2.84 bits per heavy atom. The summed E-state index contributed by atoms with van der Waals surface area (Å²) in [7, 11) is 0. The second-order valence-corrected chi connectivity index (χ2v) is 4.29. The van der Waals surface area contributed by atoms with Gasteiger partial charge in [0.25, 0.3) is 5.91 Å². The molecule has 0 radical (unpaired) electrons. The number of nitrogens with two attached hydrogens (primary N) is 1. The van der Waals surface area contributed by atoms with Crippen LogP contribution in [0.5, 0.6) is 0 Å². The Bertz CT molecular complexity index is 489. The molecule has 102 valence electrons. The van der Waals surface area contributed by atoms with Gasteiger partial charge in [-0.2, -0.15) is 0 Å². The Balaban J connectivity index is 2.19. The molecule has 0 saturated carbocycles. The summed E-state index contributed by atoms with van der Waals surface area (Å²) >= 11 is 0. The minimum atomic E-state index is -1.01. The van der Waals surface area contributed by atoms with Gasteiger partial charge in [-0.05, 0) is 11.6 Å². The van der Waals surface area contributed by atoms with Crippen molar-refractivity contribution in [3.63, 3.8) is 0 Å². The second-order valence-electron chi connectivity index (χ2n) is 4.29. The number of hydrogen-bond acceptors (Lipinski definition) is 4. The summed E-state index contributed by atoms with van der Waals surface area (Å²) in [5.41, 5.74) is 6.79. The maximum Gasteiger partial charge on any atom is 0.327 e. The number of benzene rings is 1. The molecule has 0 aliphatic carbocycles. The van der Waals surface area contributed by atoms with Crippen molar-refractivity contribution < 1.29 is 19.4 Å². The van der Waals surface area contributed by atoms with Gasteiger partial charge in [0.1, 0.15) is 12.6 Å². The third kappa shape index (κ3) is 2.74. The van der Waals surface area contributed by atoms with Gasteiger partial charge in [0.2, 0.25) is 0 Å². The summed E-state index contributed by atoms with van der Waals surface area (Å²) in [5, 5.41) is 9.22. The fraction of sp³-hybridized carbons (Fsp3) is 0.385. The number of carboxylic acids is 1. The van der Waals surface area contributed by atoms with E-state index in [1.165, 1.54) is 4.90 Å². The average Bonchev–Trinajstić information content (AvgIpc) is 2.78. The van der Waals surface area contributed by atoms with E-state index in [-0.39, 0.29) is 19.1 Å². The number of carbonyl (C=O) groups excluding carboxylic acids is 1. The van der Waals surface area contributed by atoms with Crippen molar-refractivity contribution in [1.29, 1.82) is 0 Å². The average molecular weight is 264 g/mol. The second kappa shape index (κ2) is 5.81. The molecular weight excluding hydrogens is 248 g/mol. The first kappa shape index (κ1) is 13.5. The third-order valence-corrected chi connectivity index (χ3v) is 3.02. The fourth-order valence-electron chi connectivity index (χ4n) is 2.20. The van der Waals surface area contributed by atoms with Crippen molar-refractivity contribution in [3.8, 4) is 0 Å². The highest BCUT2D eigenvalue weighted by Gasteiger charge is 2.37. The molecule has 1 aromatic rings. The third-order valence-electron chi connectivity index (χ3n) is 3.02. The van der Waals surface area contributed by atoms with E-state index < -0.39 is 12.0 Å². The lowest BCUT2D eigenvalue weighted by atomic mass is 10.1. The fourth-order valence-corrected chi connectivity index (χ4v) is 2.20. The Hall–Kier alpha value is -1.92. The van der Waals surface area contributed by atoms with Crippen molar-refractivity contribution in [2.45, 2.75) is 12.5 Å². The molecule has 2 rings (SSSR count). The molecule has 1 atom stereocenters. The molecule has 1 aliphatic rings. The number of amides is 1. The summed E-state index contributed by atoms with van der Waals surface area (Å²) in [5.74, 6) is -1.37. The first-order valence-electron chi connectivity index (χ1n) is 6.05. The first-order valence-corrected chi connectivity index (χ1v) is 6.05. The van der Waals surface area contributed by atoms with Crippen LogP contribution in [0.4, 0.5) is 5.69 Å². The molecule has 1 aliphatic heterocycles. The zero-order valence-corrected chi connectivity index (χ0v) is 10.4. The Morgan fingerprint density at radius 2 is 2.16 bits per heavy atom. The van der Waals surface area contributed by atoms with Gasteiger partial charge in [0.05, 0.1) is 6.61 Å². The van der Waals surface area contributed by atoms with Crippen molar-refractivity contribution >= 4 is 17.6 Å². The first-order chi connectivity index (χ1) is 9.15. The number of carbonyl (C=O) groups is 2. The highest BCUT2D eigenvalue weighted by atomic mass is 16.5. The SMILES string of the molecule is NCCOCC(=O)N1c2ccccc2C[C@H]1C(=O)O. The Morgan fingerprint density at radius 1 is 1.42 bits per heavy atom.